The first-order valence-electron chi connectivity index (χ1n) is 10.3. The predicted octanol–water partition coefficient (Wildman–Crippen LogP) is 4.33. The lowest BCUT2D eigenvalue weighted by Gasteiger charge is -2.25. The van der Waals surface area contributed by atoms with Crippen LogP contribution in [0, 0.1) is 5.92 Å². The number of nitrogens with one attached hydrogen (secondary N) is 1. The van der Waals surface area contributed by atoms with Crippen LogP contribution in [0.15, 0.2) is 48.5 Å². The fraction of sp³-hybridized carbons (Fsp3) is 0.417. The van der Waals surface area contributed by atoms with Gasteiger partial charge in [0.15, 0.2) is 0 Å². The number of amides is 2. The molecular formula is C24H30N2O3. The molecule has 0 bridgehead atoms. The van der Waals surface area contributed by atoms with Crippen molar-refractivity contribution in [2.75, 3.05) is 6.54 Å². The molecule has 0 aliphatic carbocycles. The molecule has 2 aromatic carbocycles. The van der Waals surface area contributed by atoms with E-state index < -0.39 is 6.04 Å². The predicted molar refractivity (Wildman–Crippen MR) is 114 cm³/mol. The molecule has 0 spiro atoms. The van der Waals surface area contributed by atoms with E-state index in [-0.39, 0.29) is 17.9 Å². The maximum Gasteiger partial charge on any atom is 0.255 e. The van der Waals surface area contributed by atoms with Crippen molar-refractivity contribution >= 4 is 11.8 Å². The van der Waals surface area contributed by atoms with E-state index in [4.69, 9.17) is 4.74 Å². The molecule has 154 valence electrons. The first kappa shape index (κ1) is 20.9. The number of benzene rings is 2. The summed E-state index contributed by atoms with van der Waals surface area (Å²) in [6.07, 6.45) is 1.01. The monoisotopic (exact) mass is 394 g/mol. The first-order valence-corrected chi connectivity index (χ1v) is 10.3. The van der Waals surface area contributed by atoms with Crippen LogP contribution in [-0.2, 0) is 11.3 Å². The highest BCUT2D eigenvalue weighted by atomic mass is 16.5. The normalized spacial score (nSPS) is 15.7. The van der Waals surface area contributed by atoms with Gasteiger partial charge in [-0.25, -0.2) is 0 Å². The molecule has 5 nitrogen and oxygen atoms in total. The number of nitrogens with zero attached hydrogens (tertiary/aromatic N) is 1. The minimum absolute atomic E-state index is 0.105. The van der Waals surface area contributed by atoms with Crippen molar-refractivity contribution in [2.24, 2.45) is 5.92 Å². The quantitative estimate of drug-likeness (QED) is 0.725. The second kappa shape index (κ2) is 9.12. The second-order valence-electron chi connectivity index (χ2n) is 8.21. The molecule has 0 radical (unpaired) electrons. The van der Waals surface area contributed by atoms with Crippen molar-refractivity contribution in [3.8, 4) is 5.75 Å². The molecule has 0 fully saturated rings. The Morgan fingerprint density at radius 2 is 1.76 bits per heavy atom. The summed E-state index contributed by atoms with van der Waals surface area (Å²) in [6, 6.07) is 14.5. The molecule has 1 aliphatic rings. The maximum absolute atomic E-state index is 13.0. The molecule has 0 saturated carbocycles. The van der Waals surface area contributed by atoms with E-state index >= 15 is 0 Å². The Morgan fingerprint density at radius 3 is 2.41 bits per heavy atom. The summed E-state index contributed by atoms with van der Waals surface area (Å²) in [5.74, 6) is 1.08. The van der Waals surface area contributed by atoms with Gasteiger partial charge in [-0.1, -0.05) is 44.2 Å². The van der Waals surface area contributed by atoms with E-state index in [1.807, 2.05) is 56.3 Å². The van der Waals surface area contributed by atoms with Crippen LogP contribution in [-0.4, -0.2) is 29.4 Å². The van der Waals surface area contributed by atoms with Crippen LogP contribution in [0.5, 0.6) is 5.75 Å². The third kappa shape index (κ3) is 4.97. The van der Waals surface area contributed by atoms with Crippen LogP contribution in [0.3, 0.4) is 0 Å². The van der Waals surface area contributed by atoms with Crippen molar-refractivity contribution in [1.29, 1.82) is 0 Å². The number of rotatable bonds is 8. The molecule has 2 amide bonds. The van der Waals surface area contributed by atoms with E-state index in [1.165, 1.54) is 0 Å². The lowest BCUT2D eigenvalue weighted by Crippen LogP contribution is -2.39. The molecule has 1 aliphatic heterocycles. The summed E-state index contributed by atoms with van der Waals surface area (Å²) in [7, 11) is 0. The number of fused-ring (bicyclic) bond motifs is 1. The summed E-state index contributed by atoms with van der Waals surface area (Å²) in [5, 5.41) is 3.01. The van der Waals surface area contributed by atoms with Gasteiger partial charge in [-0.3, -0.25) is 9.59 Å². The number of carbonyl (C=O) groups is 2. The van der Waals surface area contributed by atoms with E-state index in [0.717, 1.165) is 23.3 Å². The van der Waals surface area contributed by atoms with Gasteiger partial charge in [0.2, 0.25) is 5.91 Å². The van der Waals surface area contributed by atoms with E-state index in [0.29, 0.717) is 24.6 Å². The third-order valence-corrected chi connectivity index (χ3v) is 4.98. The van der Waals surface area contributed by atoms with Crippen LogP contribution in [0.25, 0.3) is 0 Å². The highest BCUT2D eigenvalue weighted by molar-refractivity contribution is 6.04. The Hall–Kier alpha value is -2.82. The van der Waals surface area contributed by atoms with Crippen molar-refractivity contribution in [3.63, 3.8) is 0 Å². The summed E-state index contributed by atoms with van der Waals surface area (Å²) in [5.41, 5.74) is 2.35. The smallest absolute Gasteiger partial charge is 0.255 e. The Morgan fingerprint density at radius 1 is 1.07 bits per heavy atom. The fourth-order valence-corrected chi connectivity index (χ4v) is 3.54. The first-order chi connectivity index (χ1) is 13.9. The molecule has 1 N–H and O–H groups in total. The molecular weight excluding hydrogens is 364 g/mol. The van der Waals surface area contributed by atoms with Crippen molar-refractivity contribution in [1.82, 2.24) is 10.2 Å². The van der Waals surface area contributed by atoms with E-state index in [2.05, 4.69) is 19.2 Å². The Balaban J connectivity index is 1.79. The summed E-state index contributed by atoms with van der Waals surface area (Å²) >= 11 is 0. The average Bonchev–Trinajstić information content (AvgIpc) is 2.95. The van der Waals surface area contributed by atoms with Crippen LogP contribution in [0.2, 0.25) is 0 Å². The third-order valence-electron chi connectivity index (χ3n) is 4.98. The Kier molecular flexibility index (Phi) is 6.57. The van der Waals surface area contributed by atoms with Gasteiger partial charge >= 0.3 is 0 Å². The average molecular weight is 395 g/mol. The Labute approximate surface area is 173 Å². The second-order valence-corrected chi connectivity index (χ2v) is 8.21. The molecule has 5 heteroatoms. The van der Waals surface area contributed by atoms with E-state index in [1.54, 1.807) is 11.0 Å². The van der Waals surface area contributed by atoms with Crippen molar-refractivity contribution < 1.29 is 14.3 Å². The standard InChI is InChI=1S/C24H30N2O3/c1-16(2)13-14-25-23(27)22-20-7-5-6-8-21(20)24(28)26(22)15-18-9-11-19(12-10-18)29-17(3)4/h5-12,16-17,22H,13-15H2,1-4H3,(H,25,27)/t22-/m0/s1. The van der Waals surface area contributed by atoms with Crippen LogP contribution >= 0.6 is 0 Å². The van der Waals surface area contributed by atoms with Crippen LogP contribution in [0.4, 0.5) is 0 Å². The zero-order chi connectivity index (χ0) is 21.0. The largest absolute Gasteiger partial charge is 0.491 e. The number of ether oxygens (including phenoxy) is 1. The van der Waals surface area contributed by atoms with Crippen LogP contribution < -0.4 is 10.1 Å². The Bertz CT molecular complexity index is 859. The minimum atomic E-state index is -0.600. The highest BCUT2D eigenvalue weighted by Crippen LogP contribution is 2.35. The zero-order valence-corrected chi connectivity index (χ0v) is 17.6. The molecule has 2 aromatic rings. The van der Waals surface area contributed by atoms with Gasteiger partial charge in [-0.2, -0.15) is 0 Å². The number of hydrogen-bond acceptors (Lipinski definition) is 3. The van der Waals surface area contributed by atoms with Gasteiger partial charge in [0, 0.05) is 18.7 Å². The highest BCUT2D eigenvalue weighted by Gasteiger charge is 2.40. The summed E-state index contributed by atoms with van der Waals surface area (Å²) in [4.78, 5) is 27.7. The van der Waals surface area contributed by atoms with Crippen molar-refractivity contribution in [3.05, 3.63) is 65.2 Å². The van der Waals surface area contributed by atoms with Gasteiger partial charge in [-0.05, 0) is 55.5 Å². The van der Waals surface area contributed by atoms with E-state index in [9.17, 15) is 9.59 Å². The topological polar surface area (TPSA) is 58.6 Å². The summed E-state index contributed by atoms with van der Waals surface area (Å²) < 4.78 is 5.69. The molecule has 3 rings (SSSR count). The van der Waals surface area contributed by atoms with Gasteiger partial charge in [0.05, 0.1) is 6.10 Å². The molecule has 1 atom stereocenters. The minimum Gasteiger partial charge on any atom is -0.491 e. The van der Waals surface area contributed by atoms with Gasteiger partial charge < -0.3 is 15.0 Å². The van der Waals surface area contributed by atoms with Crippen LogP contribution in [0.1, 0.15) is 61.6 Å². The maximum atomic E-state index is 13.0. The molecule has 0 aromatic heterocycles. The van der Waals surface area contributed by atoms with Gasteiger partial charge in [-0.15, -0.1) is 0 Å². The zero-order valence-electron chi connectivity index (χ0n) is 17.6. The lowest BCUT2D eigenvalue weighted by atomic mass is 10.0. The number of hydrogen-bond donors (Lipinski definition) is 1. The molecule has 0 saturated heterocycles. The van der Waals surface area contributed by atoms with Gasteiger partial charge in [0.1, 0.15) is 11.8 Å². The SMILES string of the molecule is CC(C)CCNC(=O)[C@@H]1c2ccccc2C(=O)N1Cc1ccc(OC(C)C)cc1. The molecule has 29 heavy (non-hydrogen) atoms. The molecule has 0 unspecified atom stereocenters. The van der Waals surface area contributed by atoms with Crippen molar-refractivity contribution in [2.45, 2.75) is 52.8 Å². The number of carbonyl (C=O) groups excluding carboxylic acids is 2. The van der Waals surface area contributed by atoms with Gasteiger partial charge in [0.25, 0.3) is 5.91 Å². The fourth-order valence-electron chi connectivity index (χ4n) is 3.54. The lowest BCUT2D eigenvalue weighted by molar-refractivity contribution is -0.125. The molecule has 1 heterocycles. The summed E-state index contributed by atoms with van der Waals surface area (Å²) in [6.45, 7) is 9.20.